The normalized spacial score (nSPS) is 11.6. The van der Waals surface area contributed by atoms with Gasteiger partial charge in [-0.05, 0) is 53.7 Å². The number of nitrogens with one attached hydrogen (secondary N) is 1. The van der Waals surface area contributed by atoms with Crippen molar-refractivity contribution in [2.24, 2.45) is 11.7 Å². The first-order valence-electron chi connectivity index (χ1n) is 12.1. The maximum atomic E-state index is 14.1. The molecule has 0 aliphatic rings. The van der Waals surface area contributed by atoms with Gasteiger partial charge < -0.3 is 26.4 Å². The third-order valence-electron chi connectivity index (χ3n) is 5.96. The molecule has 0 saturated heterocycles. The highest BCUT2D eigenvalue weighted by Crippen LogP contribution is 2.35. The molecule has 0 unspecified atom stereocenters. The number of benzene rings is 2. The fraction of sp³-hybridized carbons (Fsp3) is 0.333. The fourth-order valence-corrected chi connectivity index (χ4v) is 4.58. The minimum Gasteiger partial charge on any atom is -0.497 e. The monoisotopic (exact) mass is 538 g/mol. The van der Waals surface area contributed by atoms with E-state index in [0.717, 1.165) is 23.6 Å². The Morgan fingerprint density at radius 1 is 1.08 bits per heavy atom. The van der Waals surface area contributed by atoms with Crippen molar-refractivity contribution in [2.75, 3.05) is 43.3 Å². The third-order valence-corrected chi connectivity index (χ3v) is 6.81. The van der Waals surface area contributed by atoms with E-state index >= 15 is 0 Å². The van der Waals surface area contributed by atoms with Crippen LogP contribution in [0.2, 0.25) is 0 Å². The minimum absolute atomic E-state index is 0.00603. The number of primary amides is 1. The van der Waals surface area contributed by atoms with Crippen molar-refractivity contribution in [3.8, 4) is 5.75 Å². The van der Waals surface area contributed by atoms with Crippen molar-refractivity contribution in [3.05, 3.63) is 64.7 Å². The number of aromatic nitrogens is 1. The molecular weight excluding hydrogens is 504 g/mol. The number of carbonyl (C=O) groups is 3. The third kappa shape index (κ3) is 6.41. The number of methoxy groups -OCH3 is 1. The largest absolute Gasteiger partial charge is 0.497 e. The highest BCUT2D eigenvalue weighted by Gasteiger charge is 2.36. The van der Waals surface area contributed by atoms with Gasteiger partial charge in [0.1, 0.15) is 16.7 Å². The quantitative estimate of drug-likeness (QED) is 0.339. The van der Waals surface area contributed by atoms with Crippen molar-refractivity contribution >= 4 is 46.3 Å². The van der Waals surface area contributed by atoms with E-state index in [1.54, 1.807) is 24.3 Å². The number of nitrogens with two attached hydrogens (primary N) is 2. The highest BCUT2D eigenvalue weighted by molar-refractivity contribution is 7.09. The van der Waals surface area contributed by atoms with E-state index < -0.39 is 17.9 Å². The van der Waals surface area contributed by atoms with Crippen LogP contribution in [0.5, 0.6) is 5.75 Å². The Kier molecular flexibility index (Phi) is 9.30. The summed E-state index contributed by atoms with van der Waals surface area (Å²) in [7, 11) is 5.35. The van der Waals surface area contributed by atoms with Crippen LogP contribution in [-0.4, -0.2) is 49.8 Å². The van der Waals surface area contributed by atoms with Gasteiger partial charge in [0.25, 0.3) is 11.8 Å². The summed E-state index contributed by atoms with van der Waals surface area (Å²) < 4.78 is 9.38. The first-order chi connectivity index (χ1) is 18.0. The number of nitrogens with zero attached hydrogens (tertiary/aromatic N) is 3. The van der Waals surface area contributed by atoms with Crippen LogP contribution in [0.25, 0.3) is 0 Å². The zero-order valence-electron chi connectivity index (χ0n) is 22.2. The Labute approximate surface area is 226 Å². The van der Waals surface area contributed by atoms with E-state index in [4.69, 9.17) is 16.2 Å². The summed E-state index contributed by atoms with van der Waals surface area (Å²) in [4.78, 5) is 43.0. The molecule has 0 fully saturated rings. The molecule has 0 aliphatic carbocycles. The lowest BCUT2D eigenvalue weighted by Gasteiger charge is -2.32. The fourth-order valence-electron chi connectivity index (χ4n) is 3.84. The summed E-state index contributed by atoms with van der Waals surface area (Å²) in [5, 5.41) is 2.98. The van der Waals surface area contributed by atoms with Gasteiger partial charge in [0.2, 0.25) is 5.91 Å². The van der Waals surface area contributed by atoms with E-state index in [-0.39, 0.29) is 22.2 Å². The van der Waals surface area contributed by atoms with Crippen LogP contribution >= 0.6 is 11.5 Å². The molecule has 202 valence electrons. The van der Waals surface area contributed by atoms with Crippen molar-refractivity contribution in [3.63, 3.8) is 0 Å². The van der Waals surface area contributed by atoms with Crippen molar-refractivity contribution in [2.45, 2.75) is 26.3 Å². The predicted molar refractivity (Wildman–Crippen MR) is 151 cm³/mol. The molecule has 0 radical (unpaired) electrons. The van der Waals surface area contributed by atoms with Crippen LogP contribution in [-0.2, 0) is 4.79 Å². The van der Waals surface area contributed by atoms with Crippen LogP contribution in [0.4, 0.5) is 17.1 Å². The van der Waals surface area contributed by atoms with Crippen LogP contribution in [0.15, 0.2) is 48.5 Å². The lowest BCUT2D eigenvalue weighted by Crippen LogP contribution is -2.44. The first kappa shape index (κ1) is 28.5. The van der Waals surface area contributed by atoms with Gasteiger partial charge >= 0.3 is 0 Å². The second-order valence-electron chi connectivity index (χ2n) is 9.38. The summed E-state index contributed by atoms with van der Waals surface area (Å²) >= 11 is 0.761. The van der Waals surface area contributed by atoms with Gasteiger partial charge in [0.15, 0.2) is 5.69 Å². The Balaban J connectivity index is 2.19. The molecule has 1 heterocycles. The van der Waals surface area contributed by atoms with E-state index in [0.29, 0.717) is 29.5 Å². The Morgan fingerprint density at radius 2 is 1.76 bits per heavy atom. The summed E-state index contributed by atoms with van der Waals surface area (Å²) in [6, 6.07) is 13.2. The topological polar surface area (TPSA) is 144 Å². The number of nitrogen functional groups attached to an aromatic ring is 1. The lowest BCUT2D eigenvalue weighted by molar-refractivity contribution is -0.122. The molecule has 0 spiro atoms. The molecule has 10 nitrogen and oxygen atoms in total. The number of hydrogen-bond donors (Lipinski definition) is 3. The second kappa shape index (κ2) is 12.4. The van der Waals surface area contributed by atoms with Gasteiger partial charge in [-0.2, -0.15) is 4.37 Å². The maximum absolute atomic E-state index is 14.1. The number of hydrogen-bond acceptors (Lipinski definition) is 8. The lowest BCUT2D eigenvalue weighted by atomic mass is 10.0. The van der Waals surface area contributed by atoms with E-state index in [1.165, 1.54) is 12.0 Å². The van der Waals surface area contributed by atoms with Gasteiger partial charge in [0, 0.05) is 38.1 Å². The standard InChI is InChI=1S/C27H34N6O4S/c1-16(2)13-14-30-26(35)23(17-9-11-18(12-10-17)32(3)4)33(19-7-6-8-20(15-19)37-5)27(36)24-21(28)22(25(29)34)31-38-24/h6-12,15-16,23H,13-14,28H2,1-5H3,(H2,29,34)(H,30,35)/t23-/m0/s1. The van der Waals surface area contributed by atoms with Gasteiger partial charge in [-0.15, -0.1) is 0 Å². The number of carbonyl (C=O) groups excluding carboxylic acids is 3. The van der Waals surface area contributed by atoms with Gasteiger partial charge in [-0.1, -0.05) is 32.0 Å². The molecule has 0 aliphatic heterocycles. The zero-order valence-corrected chi connectivity index (χ0v) is 23.0. The van der Waals surface area contributed by atoms with Crippen LogP contribution in [0, 0.1) is 5.92 Å². The molecule has 5 N–H and O–H groups in total. The maximum Gasteiger partial charge on any atom is 0.273 e. The second-order valence-corrected chi connectivity index (χ2v) is 10.2. The van der Waals surface area contributed by atoms with Crippen LogP contribution < -0.4 is 31.3 Å². The molecular formula is C27H34N6O4S. The molecule has 38 heavy (non-hydrogen) atoms. The van der Waals surface area contributed by atoms with Gasteiger partial charge in [-0.3, -0.25) is 19.3 Å². The van der Waals surface area contributed by atoms with E-state index in [1.807, 2.05) is 43.3 Å². The van der Waals surface area contributed by atoms with E-state index in [2.05, 4.69) is 23.5 Å². The van der Waals surface area contributed by atoms with Crippen LogP contribution in [0.3, 0.4) is 0 Å². The molecule has 3 amide bonds. The van der Waals surface area contributed by atoms with Gasteiger partial charge in [-0.25, -0.2) is 0 Å². The highest BCUT2D eigenvalue weighted by atomic mass is 32.1. The molecule has 1 atom stereocenters. The van der Waals surface area contributed by atoms with Gasteiger partial charge in [0.05, 0.1) is 12.8 Å². The van der Waals surface area contributed by atoms with Crippen molar-refractivity contribution < 1.29 is 19.1 Å². The average molecular weight is 539 g/mol. The Hall–Kier alpha value is -4.12. The SMILES string of the molecule is COc1cccc(N(C(=O)c2snc(C(N)=O)c2N)[C@H](C(=O)NCCC(C)C)c2ccc(N(C)C)cc2)c1. The van der Waals surface area contributed by atoms with Crippen LogP contribution in [0.1, 0.15) is 52.0 Å². The van der Waals surface area contributed by atoms with Crippen molar-refractivity contribution in [1.82, 2.24) is 9.69 Å². The molecule has 0 bridgehead atoms. The van der Waals surface area contributed by atoms with Crippen molar-refractivity contribution in [1.29, 1.82) is 0 Å². The zero-order chi connectivity index (χ0) is 28.0. The molecule has 3 rings (SSSR count). The average Bonchev–Trinajstić information content (AvgIpc) is 3.28. The number of anilines is 3. The Bertz CT molecular complexity index is 1290. The molecule has 0 saturated carbocycles. The molecule has 2 aromatic carbocycles. The number of amides is 3. The summed E-state index contributed by atoms with van der Waals surface area (Å²) in [6.45, 7) is 4.58. The predicted octanol–water partition coefficient (Wildman–Crippen LogP) is 3.45. The Morgan fingerprint density at radius 3 is 2.32 bits per heavy atom. The molecule has 1 aromatic heterocycles. The summed E-state index contributed by atoms with van der Waals surface area (Å²) in [5.74, 6) is -0.919. The minimum atomic E-state index is -1.06. The molecule has 11 heteroatoms. The number of ether oxygens (including phenoxy) is 1. The van der Waals surface area contributed by atoms with E-state index in [9.17, 15) is 14.4 Å². The summed E-state index contributed by atoms with van der Waals surface area (Å²) in [6.07, 6.45) is 0.773. The smallest absolute Gasteiger partial charge is 0.273 e. The molecule has 3 aromatic rings. The summed E-state index contributed by atoms with van der Waals surface area (Å²) in [5.41, 5.74) is 13.1. The first-order valence-corrected chi connectivity index (χ1v) is 12.9. The number of rotatable bonds is 11.